The molecule has 0 bridgehead atoms. The molecule has 1 amide bonds. The molecule has 1 atom stereocenters. The van der Waals surface area contributed by atoms with Crippen molar-refractivity contribution in [2.24, 2.45) is 0 Å². The van der Waals surface area contributed by atoms with Crippen LogP contribution in [0.1, 0.15) is 23.6 Å². The molecule has 0 aliphatic rings. The third-order valence-electron chi connectivity index (χ3n) is 3.50. The summed E-state index contributed by atoms with van der Waals surface area (Å²) in [5, 5.41) is 33.9. The maximum atomic E-state index is 13.2. The van der Waals surface area contributed by atoms with Crippen LogP contribution in [0.4, 0.5) is 18.9 Å². The maximum Gasteiger partial charge on any atom is 0.418 e. The van der Waals surface area contributed by atoms with Crippen molar-refractivity contribution in [2.75, 3.05) is 5.32 Å². The van der Waals surface area contributed by atoms with Gasteiger partial charge in [0.1, 0.15) is 16.2 Å². The minimum absolute atomic E-state index is 0.164. The summed E-state index contributed by atoms with van der Waals surface area (Å²) in [6, 6.07) is 6.09. The largest absolute Gasteiger partial charge is 0.418 e. The monoisotopic (exact) mass is 441 g/mol. The molecule has 0 unspecified atom stereocenters. The molecule has 0 saturated carbocycles. The van der Waals surface area contributed by atoms with Crippen molar-refractivity contribution in [2.45, 2.75) is 25.2 Å². The fourth-order valence-electron chi connectivity index (χ4n) is 2.16. The number of nitrogens with one attached hydrogen (secondary N) is 1. The number of carbonyl (C=O) groups excluding carboxylic acids is 1. The summed E-state index contributed by atoms with van der Waals surface area (Å²) in [7, 11) is 0. The molecule has 0 aliphatic carbocycles. The molecule has 140 valence electrons. The second-order valence-electron chi connectivity index (χ2n) is 5.74. The van der Waals surface area contributed by atoms with Gasteiger partial charge in [-0.05, 0) is 41.1 Å². The fourth-order valence-corrected chi connectivity index (χ4v) is 2.55. The third kappa shape index (κ3) is 4.64. The average molecular weight is 442 g/mol. The van der Waals surface area contributed by atoms with Gasteiger partial charge < -0.3 is 10.4 Å². The van der Waals surface area contributed by atoms with Crippen LogP contribution in [-0.4, -0.2) is 26.4 Å². The molecular formula is C16H11BrF3N5O2. The molecule has 1 heterocycles. The van der Waals surface area contributed by atoms with E-state index >= 15 is 0 Å². The van der Waals surface area contributed by atoms with Crippen molar-refractivity contribution in [1.29, 1.82) is 10.5 Å². The molecule has 2 aromatic rings. The summed E-state index contributed by atoms with van der Waals surface area (Å²) in [5.41, 5.74) is -3.99. The fraction of sp³-hybridized carbons (Fsp3) is 0.250. The highest BCUT2D eigenvalue weighted by Gasteiger charge is 2.37. The third-order valence-corrected chi connectivity index (χ3v) is 4.08. The zero-order valence-corrected chi connectivity index (χ0v) is 15.3. The lowest BCUT2D eigenvalue weighted by Crippen LogP contribution is -2.44. The number of benzene rings is 1. The number of nitriles is 2. The lowest BCUT2D eigenvalue weighted by Gasteiger charge is -2.23. The van der Waals surface area contributed by atoms with Gasteiger partial charge >= 0.3 is 6.18 Å². The van der Waals surface area contributed by atoms with Gasteiger partial charge in [-0.3, -0.25) is 9.48 Å². The average Bonchev–Trinajstić information content (AvgIpc) is 2.92. The summed E-state index contributed by atoms with van der Waals surface area (Å²) in [6.45, 7) is 0.692. The Morgan fingerprint density at radius 3 is 2.56 bits per heavy atom. The Labute approximate surface area is 159 Å². The Bertz CT molecular complexity index is 970. The van der Waals surface area contributed by atoms with Gasteiger partial charge in [-0.2, -0.15) is 28.8 Å². The lowest BCUT2D eigenvalue weighted by molar-refractivity contribution is -0.137. The van der Waals surface area contributed by atoms with E-state index in [-0.39, 0.29) is 15.7 Å². The van der Waals surface area contributed by atoms with Crippen molar-refractivity contribution < 1.29 is 23.1 Å². The van der Waals surface area contributed by atoms with E-state index in [2.05, 4.69) is 21.0 Å². The van der Waals surface area contributed by atoms with E-state index < -0.39 is 35.5 Å². The molecule has 0 spiro atoms. The minimum Gasteiger partial charge on any atom is -0.378 e. The van der Waals surface area contributed by atoms with Gasteiger partial charge in [0.05, 0.1) is 29.4 Å². The predicted octanol–water partition coefficient (Wildman–Crippen LogP) is 2.80. The first-order chi connectivity index (χ1) is 12.5. The van der Waals surface area contributed by atoms with Crippen molar-refractivity contribution >= 4 is 27.5 Å². The van der Waals surface area contributed by atoms with Crippen LogP contribution in [0.25, 0.3) is 0 Å². The first-order valence-corrected chi connectivity index (χ1v) is 8.05. The molecule has 0 fully saturated rings. The minimum atomic E-state index is -4.81. The smallest absolute Gasteiger partial charge is 0.378 e. The van der Waals surface area contributed by atoms with Crippen LogP contribution in [0.15, 0.2) is 29.0 Å². The number of carbonyl (C=O) groups is 1. The SMILES string of the molecule is C[C@](O)(Cn1cc(C#N)c(Br)n1)C(=O)Nc1ccc(C#N)cc1C(F)(F)F. The van der Waals surface area contributed by atoms with Crippen LogP contribution in [0.5, 0.6) is 0 Å². The van der Waals surface area contributed by atoms with Crippen molar-refractivity contribution in [1.82, 2.24) is 9.78 Å². The van der Waals surface area contributed by atoms with Crippen LogP contribution in [0, 0.1) is 22.7 Å². The van der Waals surface area contributed by atoms with Crippen LogP contribution in [-0.2, 0) is 17.5 Å². The Morgan fingerprint density at radius 1 is 1.37 bits per heavy atom. The number of rotatable bonds is 4. The predicted molar refractivity (Wildman–Crippen MR) is 90.1 cm³/mol. The summed E-state index contributed by atoms with van der Waals surface area (Å²) in [4.78, 5) is 12.3. The van der Waals surface area contributed by atoms with Crippen LogP contribution < -0.4 is 5.32 Å². The highest BCUT2D eigenvalue weighted by Crippen LogP contribution is 2.35. The van der Waals surface area contributed by atoms with E-state index in [1.165, 1.54) is 6.20 Å². The van der Waals surface area contributed by atoms with Crippen molar-refractivity contribution in [3.05, 3.63) is 45.7 Å². The van der Waals surface area contributed by atoms with Gasteiger partial charge in [-0.15, -0.1) is 0 Å². The van der Waals surface area contributed by atoms with Crippen molar-refractivity contribution in [3.8, 4) is 12.1 Å². The summed E-state index contributed by atoms with van der Waals surface area (Å²) in [5.74, 6) is -1.11. The van der Waals surface area contributed by atoms with Crippen LogP contribution in [0.2, 0.25) is 0 Å². The number of anilines is 1. The van der Waals surface area contributed by atoms with Crippen LogP contribution in [0.3, 0.4) is 0 Å². The number of halogens is 4. The number of alkyl halides is 3. The Hall–Kier alpha value is -2.89. The summed E-state index contributed by atoms with van der Waals surface area (Å²) in [6.07, 6.45) is -3.54. The standard InChI is InChI=1S/C16H11BrF3N5O2/c1-15(27,8-25-7-10(6-22)13(17)24-25)14(26)23-12-3-2-9(5-21)4-11(12)16(18,19)20/h2-4,7,27H,8H2,1H3,(H,23,26)/t15-/m0/s1. The maximum absolute atomic E-state index is 13.2. The van der Waals surface area contributed by atoms with E-state index in [9.17, 15) is 23.1 Å². The lowest BCUT2D eigenvalue weighted by atomic mass is 10.0. The topological polar surface area (TPSA) is 115 Å². The molecule has 27 heavy (non-hydrogen) atoms. The van der Waals surface area contributed by atoms with E-state index in [1.54, 1.807) is 6.07 Å². The molecule has 1 aromatic heterocycles. The van der Waals surface area contributed by atoms with Gasteiger partial charge in [0.15, 0.2) is 5.60 Å². The van der Waals surface area contributed by atoms with E-state index in [4.69, 9.17) is 10.5 Å². The Balaban J connectivity index is 2.27. The number of aromatic nitrogens is 2. The Kier molecular flexibility index (Phi) is 5.59. The second-order valence-corrected chi connectivity index (χ2v) is 6.49. The van der Waals surface area contributed by atoms with Gasteiger partial charge in [-0.25, -0.2) is 0 Å². The molecule has 0 saturated heterocycles. The first kappa shape index (κ1) is 20.4. The van der Waals surface area contributed by atoms with Gasteiger partial charge in [-0.1, -0.05) is 0 Å². The first-order valence-electron chi connectivity index (χ1n) is 7.26. The zero-order valence-electron chi connectivity index (χ0n) is 13.7. The van der Waals surface area contributed by atoms with Crippen LogP contribution >= 0.6 is 15.9 Å². The quantitative estimate of drug-likeness (QED) is 0.756. The molecule has 11 heteroatoms. The molecule has 7 nitrogen and oxygen atoms in total. The molecule has 1 aromatic carbocycles. The molecular weight excluding hydrogens is 431 g/mol. The van der Waals surface area contributed by atoms with Gasteiger partial charge in [0.2, 0.25) is 0 Å². The number of hydrogen-bond acceptors (Lipinski definition) is 5. The van der Waals surface area contributed by atoms with Gasteiger partial charge in [0, 0.05) is 6.20 Å². The van der Waals surface area contributed by atoms with E-state index in [0.29, 0.717) is 6.07 Å². The summed E-state index contributed by atoms with van der Waals surface area (Å²) >= 11 is 3.03. The normalized spacial score (nSPS) is 13.3. The summed E-state index contributed by atoms with van der Waals surface area (Å²) < 4.78 is 40.8. The molecule has 0 aliphatic heterocycles. The molecule has 0 radical (unpaired) electrons. The number of hydrogen-bond donors (Lipinski definition) is 2. The molecule has 2 N–H and O–H groups in total. The number of aliphatic hydroxyl groups is 1. The Morgan fingerprint density at radius 2 is 2.04 bits per heavy atom. The van der Waals surface area contributed by atoms with Gasteiger partial charge in [0.25, 0.3) is 5.91 Å². The highest BCUT2D eigenvalue weighted by molar-refractivity contribution is 9.10. The van der Waals surface area contributed by atoms with Crippen molar-refractivity contribution in [3.63, 3.8) is 0 Å². The number of nitrogens with zero attached hydrogens (tertiary/aromatic N) is 4. The highest BCUT2D eigenvalue weighted by atomic mass is 79.9. The number of amides is 1. The molecule has 2 rings (SSSR count). The van der Waals surface area contributed by atoms with E-state index in [1.807, 2.05) is 11.4 Å². The zero-order chi connectivity index (χ0) is 20.4. The van der Waals surface area contributed by atoms with E-state index in [0.717, 1.165) is 23.7 Å². The second kappa shape index (κ2) is 7.39.